The second kappa shape index (κ2) is 10.0. The number of ketones is 1. The van der Waals surface area contributed by atoms with Gasteiger partial charge in [-0.1, -0.05) is 53.8 Å². The van der Waals surface area contributed by atoms with E-state index in [2.05, 4.69) is 32.4 Å². The van der Waals surface area contributed by atoms with Crippen LogP contribution in [-0.2, 0) is 6.54 Å². The zero-order chi connectivity index (χ0) is 24.2. The third-order valence-electron chi connectivity index (χ3n) is 6.00. The quantitative estimate of drug-likeness (QED) is 0.177. The molecule has 0 unspecified atom stereocenters. The Hall–Kier alpha value is -4.14. The average Bonchev–Trinajstić information content (AvgIpc) is 3.29. The lowest BCUT2D eigenvalue weighted by Gasteiger charge is -2.05. The van der Waals surface area contributed by atoms with Gasteiger partial charge in [0, 0.05) is 46.1 Å². The van der Waals surface area contributed by atoms with E-state index in [1.165, 1.54) is 0 Å². The van der Waals surface area contributed by atoms with Crippen molar-refractivity contribution < 1.29 is 4.79 Å². The molecule has 0 saturated heterocycles. The van der Waals surface area contributed by atoms with Crippen LogP contribution in [0.3, 0.4) is 0 Å². The van der Waals surface area contributed by atoms with Gasteiger partial charge < -0.3 is 10.3 Å². The fraction of sp³-hybridized carbons (Fsp3) is 0.138. The van der Waals surface area contributed by atoms with E-state index in [0.717, 1.165) is 46.8 Å². The number of benzene rings is 3. The van der Waals surface area contributed by atoms with Crippen LogP contribution in [0.1, 0.15) is 40.7 Å². The van der Waals surface area contributed by atoms with Crippen LogP contribution in [-0.4, -0.2) is 20.3 Å². The summed E-state index contributed by atoms with van der Waals surface area (Å²) in [7, 11) is 0. The van der Waals surface area contributed by atoms with Gasteiger partial charge in [0.25, 0.3) is 0 Å². The van der Waals surface area contributed by atoms with Gasteiger partial charge in [-0.15, -0.1) is 0 Å². The van der Waals surface area contributed by atoms with Crippen LogP contribution < -0.4 is 5.73 Å². The molecule has 2 heterocycles. The highest BCUT2D eigenvalue weighted by atomic mass is 35.5. The maximum atomic E-state index is 12.6. The number of Topliss-reactive ketones (excluding diaryl/α,β-unsaturated/α-hetero) is 1. The van der Waals surface area contributed by atoms with Gasteiger partial charge in [-0.2, -0.15) is 0 Å². The van der Waals surface area contributed by atoms with E-state index < -0.39 is 0 Å². The molecule has 35 heavy (non-hydrogen) atoms. The summed E-state index contributed by atoms with van der Waals surface area (Å²) < 4.78 is 2.14. The number of carbonyl (C=O) groups excluding carboxylic acids is 1. The number of aryl methyl sites for hydroxylation is 1. The number of halogens is 1. The number of hydrogen-bond acceptors (Lipinski definition) is 4. The highest BCUT2D eigenvalue weighted by molar-refractivity contribution is 6.31. The van der Waals surface area contributed by atoms with Crippen molar-refractivity contribution in [1.82, 2.24) is 14.5 Å². The van der Waals surface area contributed by atoms with E-state index in [-0.39, 0.29) is 5.78 Å². The maximum Gasteiger partial charge on any atom is 0.162 e. The number of fused-ring (bicyclic) bond motifs is 2. The Morgan fingerprint density at radius 1 is 0.971 bits per heavy atom. The molecule has 5 rings (SSSR count). The van der Waals surface area contributed by atoms with Gasteiger partial charge in [-0.25, -0.2) is 9.97 Å². The number of para-hydroxylation sites is 2. The molecule has 0 amide bonds. The molecule has 0 atom stereocenters. The second-order valence-electron chi connectivity index (χ2n) is 8.38. The van der Waals surface area contributed by atoms with E-state index >= 15 is 0 Å². The van der Waals surface area contributed by atoms with Crippen molar-refractivity contribution in [2.24, 2.45) is 0 Å². The monoisotopic (exact) mass is 478 g/mol. The Morgan fingerprint density at radius 2 is 1.80 bits per heavy atom. The van der Waals surface area contributed by atoms with Crippen LogP contribution in [0.2, 0.25) is 5.02 Å². The number of pyridine rings is 1. The van der Waals surface area contributed by atoms with Gasteiger partial charge in [0.05, 0.1) is 22.9 Å². The van der Waals surface area contributed by atoms with E-state index in [1.807, 2.05) is 67.0 Å². The van der Waals surface area contributed by atoms with Gasteiger partial charge in [-0.05, 0) is 49.2 Å². The Morgan fingerprint density at radius 3 is 2.66 bits per heavy atom. The normalized spacial score (nSPS) is 10.9. The Kier molecular flexibility index (Phi) is 6.47. The highest BCUT2D eigenvalue weighted by Gasteiger charge is 2.08. The van der Waals surface area contributed by atoms with Crippen LogP contribution in [0.25, 0.3) is 21.8 Å². The largest absolute Gasteiger partial charge is 0.383 e. The van der Waals surface area contributed by atoms with Crippen molar-refractivity contribution in [1.29, 1.82) is 0 Å². The third kappa shape index (κ3) is 5.03. The molecule has 0 aliphatic heterocycles. The summed E-state index contributed by atoms with van der Waals surface area (Å²) in [5.41, 5.74) is 10.3. The van der Waals surface area contributed by atoms with Gasteiger partial charge >= 0.3 is 0 Å². The minimum atomic E-state index is 0.136. The smallest absolute Gasteiger partial charge is 0.162 e. The van der Waals surface area contributed by atoms with Crippen LogP contribution >= 0.6 is 11.6 Å². The number of rotatable bonds is 6. The van der Waals surface area contributed by atoms with Crippen LogP contribution in [0.15, 0.2) is 79.3 Å². The molecule has 0 aliphatic carbocycles. The number of imidazole rings is 1. The van der Waals surface area contributed by atoms with E-state index in [0.29, 0.717) is 28.4 Å². The number of unbranched alkanes of at least 4 members (excludes halogenated alkanes) is 1. The standard InChI is InChI=1S/C29H23ClN4O/c30-23-14-13-22-18-32-29(31)24(25(22)17-23)15-10-20-8-11-21(12-9-20)28(35)7-3-4-16-34-19-33-26-5-1-2-6-27(26)34/h1-2,5-6,8-9,11-14,17-19H,3-4,7,16H2,(H2,31,32). The molecule has 5 nitrogen and oxygen atoms in total. The molecule has 6 heteroatoms. The molecular weight excluding hydrogens is 456 g/mol. The first kappa shape index (κ1) is 22.6. The van der Waals surface area contributed by atoms with Crippen LogP contribution in [0.4, 0.5) is 5.82 Å². The fourth-order valence-electron chi connectivity index (χ4n) is 4.11. The van der Waals surface area contributed by atoms with Crippen molar-refractivity contribution >= 4 is 45.0 Å². The molecule has 0 radical (unpaired) electrons. The number of nitrogen functional groups attached to an aromatic ring is 1. The number of anilines is 1. The van der Waals surface area contributed by atoms with Crippen molar-refractivity contribution in [3.05, 3.63) is 101 Å². The minimum Gasteiger partial charge on any atom is -0.383 e. The molecule has 0 saturated carbocycles. The lowest BCUT2D eigenvalue weighted by Crippen LogP contribution is -2.01. The third-order valence-corrected chi connectivity index (χ3v) is 6.24. The molecule has 0 fully saturated rings. The SMILES string of the molecule is Nc1ncc2ccc(Cl)cc2c1C#Cc1ccc(C(=O)CCCCn2cnc3ccccc32)cc1. The van der Waals surface area contributed by atoms with Gasteiger partial charge in [0.15, 0.2) is 5.78 Å². The summed E-state index contributed by atoms with van der Waals surface area (Å²) >= 11 is 6.16. The first-order chi connectivity index (χ1) is 17.1. The molecular formula is C29H23ClN4O. The highest BCUT2D eigenvalue weighted by Crippen LogP contribution is 2.25. The molecule has 0 spiro atoms. The van der Waals surface area contributed by atoms with Crippen molar-refractivity contribution in [2.75, 3.05) is 5.73 Å². The fourth-order valence-corrected chi connectivity index (χ4v) is 4.28. The van der Waals surface area contributed by atoms with Crippen molar-refractivity contribution in [3.8, 4) is 11.8 Å². The zero-order valence-corrected chi connectivity index (χ0v) is 19.8. The van der Waals surface area contributed by atoms with Crippen molar-refractivity contribution in [3.63, 3.8) is 0 Å². The lowest BCUT2D eigenvalue weighted by molar-refractivity contribution is 0.0979. The molecule has 0 bridgehead atoms. The lowest BCUT2D eigenvalue weighted by atomic mass is 10.0. The van der Waals surface area contributed by atoms with Crippen LogP contribution in [0, 0.1) is 11.8 Å². The zero-order valence-electron chi connectivity index (χ0n) is 19.0. The van der Waals surface area contributed by atoms with Gasteiger partial charge in [-0.3, -0.25) is 4.79 Å². The number of nitrogens with two attached hydrogens (primary N) is 1. The molecule has 2 aromatic heterocycles. The summed E-state index contributed by atoms with van der Waals surface area (Å²) in [4.78, 5) is 21.3. The van der Waals surface area contributed by atoms with E-state index in [1.54, 1.807) is 6.20 Å². The first-order valence-electron chi connectivity index (χ1n) is 11.5. The molecule has 172 valence electrons. The summed E-state index contributed by atoms with van der Waals surface area (Å²) in [5.74, 6) is 6.76. The number of nitrogens with zero attached hydrogens (tertiary/aromatic N) is 3. The van der Waals surface area contributed by atoms with Crippen molar-refractivity contribution in [2.45, 2.75) is 25.8 Å². The average molecular weight is 479 g/mol. The Bertz CT molecular complexity index is 1590. The maximum absolute atomic E-state index is 12.6. The molecule has 2 N–H and O–H groups in total. The first-order valence-corrected chi connectivity index (χ1v) is 11.9. The summed E-state index contributed by atoms with van der Waals surface area (Å²) in [5, 5.41) is 2.41. The molecule has 3 aromatic carbocycles. The second-order valence-corrected chi connectivity index (χ2v) is 8.82. The van der Waals surface area contributed by atoms with E-state index in [9.17, 15) is 4.79 Å². The van der Waals surface area contributed by atoms with E-state index in [4.69, 9.17) is 17.3 Å². The predicted octanol–water partition coefficient (Wildman–Crippen LogP) is 6.27. The molecule has 0 aliphatic rings. The number of hydrogen-bond donors (Lipinski definition) is 1. The van der Waals surface area contributed by atoms with Gasteiger partial charge in [0.1, 0.15) is 5.82 Å². The summed E-state index contributed by atoms with van der Waals surface area (Å²) in [6.45, 7) is 0.847. The Balaban J connectivity index is 1.21. The summed E-state index contributed by atoms with van der Waals surface area (Å²) in [6, 6.07) is 21.0. The topological polar surface area (TPSA) is 73.8 Å². The minimum absolute atomic E-state index is 0.136. The summed E-state index contributed by atoms with van der Waals surface area (Å²) in [6.07, 6.45) is 5.83. The van der Waals surface area contributed by atoms with Crippen LogP contribution in [0.5, 0.6) is 0 Å². The number of carbonyl (C=O) groups is 1. The number of aromatic nitrogens is 3. The Labute approximate surface area is 208 Å². The molecule has 5 aromatic rings. The predicted molar refractivity (Wildman–Crippen MR) is 142 cm³/mol. The van der Waals surface area contributed by atoms with Gasteiger partial charge in [0.2, 0.25) is 0 Å².